The van der Waals surface area contributed by atoms with Gasteiger partial charge in [0.1, 0.15) is 12.4 Å². The number of ether oxygens (including phenoxy) is 2. The Morgan fingerprint density at radius 3 is 2.72 bits per heavy atom. The summed E-state index contributed by atoms with van der Waals surface area (Å²) in [6.07, 6.45) is 1.48. The molecule has 3 aromatic rings. The molecule has 1 N–H and O–H groups in total. The lowest BCUT2D eigenvalue weighted by molar-refractivity contribution is -0.120. The molecule has 0 saturated carbocycles. The minimum atomic E-state index is -0.391. The standard InChI is InChI=1S/C21H21N3O5/c1-15-10-20(24-29-15)23-21(25)14-28-22-12-17-8-9-18(19(11-17)26-2)27-13-16-6-4-3-5-7-16/h3-12H,13-14H2,1-2H3,(H,23,24,25)/b22-12+. The summed E-state index contributed by atoms with van der Waals surface area (Å²) < 4.78 is 16.1. The molecule has 3 rings (SSSR count). The summed E-state index contributed by atoms with van der Waals surface area (Å²) in [6.45, 7) is 1.92. The molecule has 2 aromatic carbocycles. The van der Waals surface area contributed by atoms with Crippen LogP contribution >= 0.6 is 0 Å². The van der Waals surface area contributed by atoms with Crippen LogP contribution in [0.25, 0.3) is 0 Å². The SMILES string of the molecule is COc1cc(/C=N/OCC(=O)Nc2cc(C)on2)ccc1OCc1ccccc1. The van der Waals surface area contributed by atoms with Gasteiger partial charge in [-0.25, -0.2) is 0 Å². The number of benzene rings is 2. The van der Waals surface area contributed by atoms with Crippen LogP contribution < -0.4 is 14.8 Å². The lowest BCUT2D eigenvalue weighted by atomic mass is 10.2. The second-order valence-corrected chi connectivity index (χ2v) is 6.06. The minimum absolute atomic E-state index is 0.252. The molecular formula is C21H21N3O5. The highest BCUT2D eigenvalue weighted by Crippen LogP contribution is 2.28. The third kappa shape index (κ3) is 6.10. The number of methoxy groups -OCH3 is 1. The van der Waals surface area contributed by atoms with Gasteiger partial charge in [0.25, 0.3) is 5.91 Å². The summed E-state index contributed by atoms with van der Waals surface area (Å²) in [5.74, 6) is 1.73. The Morgan fingerprint density at radius 2 is 2.00 bits per heavy atom. The van der Waals surface area contributed by atoms with Gasteiger partial charge in [0.15, 0.2) is 23.9 Å². The number of anilines is 1. The average molecular weight is 395 g/mol. The van der Waals surface area contributed by atoms with Gasteiger partial charge >= 0.3 is 0 Å². The highest BCUT2D eigenvalue weighted by atomic mass is 16.6. The highest BCUT2D eigenvalue weighted by Gasteiger charge is 2.07. The molecule has 8 nitrogen and oxygen atoms in total. The van der Waals surface area contributed by atoms with Crippen molar-refractivity contribution in [3.8, 4) is 11.5 Å². The molecule has 8 heteroatoms. The molecule has 1 aromatic heterocycles. The normalized spacial score (nSPS) is 10.7. The fourth-order valence-corrected chi connectivity index (χ4v) is 2.42. The quantitative estimate of drug-likeness (QED) is 0.440. The molecule has 1 heterocycles. The zero-order valence-electron chi connectivity index (χ0n) is 16.1. The van der Waals surface area contributed by atoms with E-state index < -0.39 is 5.91 Å². The van der Waals surface area contributed by atoms with Crippen molar-refractivity contribution < 1.29 is 23.6 Å². The molecular weight excluding hydrogens is 374 g/mol. The second kappa shape index (κ2) is 9.93. The lowest BCUT2D eigenvalue weighted by Gasteiger charge is -2.11. The first-order valence-corrected chi connectivity index (χ1v) is 8.87. The maximum atomic E-state index is 11.7. The first kappa shape index (κ1) is 19.9. The number of hydrogen-bond donors (Lipinski definition) is 1. The van der Waals surface area contributed by atoms with Gasteiger partial charge in [-0.3, -0.25) is 4.79 Å². The van der Waals surface area contributed by atoms with Crippen LogP contribution in [0.2, 0.25) is 0 Å². The van der Waals surface area contributed by atoms with Crippen molar-refractivity contribution >= 4 is 17.9 Å². The Hall–Kier alpha value is -3.81. The summed E-state index contributed by atoms with van der Waals surface area (Å²) in [5, 5.41) is 10.0. The Balaban J connectivity index is 1.50. The van der Waals surface area contributed by atoms with Crippen molar-refractivity contribution in [2.45, 2.75) is 13.5 Å². The van der Waals surface area contributed by atoms with E-state index in [2.05, 4.69) is 15.6 Å². The van der Waals surface area contributed by atoms with Gasteiger partial charge in [0.2, 0.25) is 0 Å². The molecule has 0 unspecified atom stereocenters. The summed E-state index contributed by atoms with van der Waals surface area (Å²) in [6, 6.07) is 16.8. The van der Waals surface area contributed by atoms with E-state index in [-0.39, 0.29) is 6.61 Å². The monoisotopic (exact) mass is 395 g/mol. The number of carbonyl (C=O) groups excluding carboxylic acids is 1. The maximum Gasteiger partial charge on any atom is 0.266 e. The van der Waals surface area contributed by atoms with Gasteiger partial charge in [-0.05, 0) is 30.7 Å². The van der Waals surface area contributed by atoms with Crippen molar-refractivity contribution in [2.24, 2.45) is 5.16 Å². The van der Waals surface area contributed by atoms with Crippen LogP contribution in [0.5, 0.6) is 11.5 Å². The number of hydrogen-bond acceptors (Lipinski definition) is 7. The van der Waals surface area contributed by atoms with E-state index in [1.54, 1.807) is 32.2 Å². The molecule has 0 radical (unpaired) electrons. The van der Waals surface area contributed by atoms with E-state index in [9.17, 15) is 4.79 Å². The first-order valence-electron chi connectivity index (χ1n) is 8.87. The minimum Gasteiger partial charge on any atom is -0.493 e. The largest absolute Gasteiger partial charge is 0.493 e. The summed E-state index contributed by atoms with van der Waals surface area (Å²) >= 11 is 0. The van der Waals surface area contributed by atoms with Gasteiger partial charge in [-0.2, -0.15) is 0 Å². The number of nitrogens with zero attached hydrogens (tertiary/aromatic N) is 2. The Kier molecular flexibility index (Phi) is 6.83. The number of amides is 1. The van der Waals surface area contributed by atoms with Crippen molar-refractivity contribution in [2.75, 3.05) is 19.0 Å². The number of rotatable bonds is 9. The van der Waals surface area contributed by atoms with Crippen LogP contribution in [-0.2, 0) is 16.2 Å². The second-order valence-electron chi connectivity index (χ2n) is 6.06. The number of aromatic nitrogens is 1. The maximum absolute atomic E-state index is 11.7. The summed E-state index contributed by atoms with van der Waals surface area (Å²) in [7, 11) is 1.57. The lowest BCUT2D eigenvalue weighted by Crippen LogP contribution is -2.17. The number of nitrogens with one attached hydrogen (secondary N) is 1. The summed E-state index contributed by atoms with van der Waals surface area (Å²) in [5.41, 5.74) is 1.80. The van der Waals surface area contributed by atoms with Crippen LogP contribution in [0.1, 0.15) is 16.9 Å². The fraction of sp³-hybridized carbons (Fsp3) is 0.190. The Bertz CT molecular complexity index is 969. The fourth-order valence-electron chi connectivity index (χ4n) is 2.42. The molecule has 0 spiro atoms. The van der Waals surface area contributed by atoms with Crippen molar-refractivity contribution in [3.05, 3.63) is 71.5 Å². The molecule has 150 valence electrons. The molecule has 29 heavy (non-hydrogen) atoms. The van der Waals surface area contributed by atoms with Gasteiger partial charge < -0.3 is 24.2 Å². The average Bonchev–Trinajstić information content (AvgIpc) is 3.15. The smallest absolute Gasteiger partial charge is 0.266 e. The van der Waals surface area contributed by atoms with Crippen LogP contribution in [0.4, 0.5) is 5.82 Å². The van der Waals surface area contributed by atoms with Crippen molar-refractivity contribution in [1.29, 1.82) is 0 Å². The highest BCUT2D eigenvalue weighted by molar-refractivity contribution is 5.90. The topological polar surface area (TPSA) is 95.2 Å². The number of aryl methyl sites for hydroxylation is 1. The van der Waals surface area contributed by atoms with Gasteiger partial charge in [-0.1, -0.05) is 40.6 Å². The molecule has 0 aliphatic carbocycles. The molecule has 1 amide bonds. The van der Waals surface area contributed by atoms with E-state index >= 15 is 0 Å². The van der Waals surface area contributed by atoms with E-state index in [1.165, 1.54) is 6.21 Å². The molecule has 0 bridgehead atoms. The molecule has 0 aliphatic heterocycles. The molecule has 0 saturated heterocycles. The summed E-state index contributed by atoms with van der Waals surface area (Å²) in [4.78, 5) is 16.8. The van der Waals surface area contributed by atoms with Crippen molar-refractivity contribution in [1.82, 2.24) is 5.16 Å². The zero-order valence-corrected chi connectivity index (χ0v) is 16.1. The van der Waals surface area contributed by atoms with Gasteiger partial charge in [0, 0.05) is 11.6 Å². The van der Waals surface area contributed by atoms with E-state index in [1.807, 2.05) is 36.4 Å². The zero-order chi connectivity index (χ0) is 20.5. The van der Waals surface area contributed by atoms with Crippen LogP contribution in [0, 0.1) is 6.92 Å². The molecule has 0 atom stereocenters. The Labute approximate surface area is 168 Å². The molecule has 0 fully saturated rings. The third-order valence-electron chi connectivity index (χ3n) is 3.79. The predicted molar refractivity (Wildman–Crippen MR) is 107 cm³/mol. The predicted octanol–water partition coefficient (Wildman–Crippen LogP) is 3.56. The molecule has 0 aliphatic rings. The van der Waals surface area contributed by atoms with Gasteiger partial charge in [0.05, 0.1) is 13.3 Å². The van der Waals surface area contributed by atoms with Crippen LogP contribution in [0.3, 0.4) is 0 Å². The van der Waals surface area contributed by atoms with Gasteiger partial charge in [-0.15, -0.1) is 0 Å². The van der Waals surface area contributed by atoms with Crippen LogP contribution in [0.15, 0.2) is 64.3 Å². The van der Waals surface area contributed by atoms with Crippen molar-refractivity contribution in [3.63, 3.8) is 0 Å². The third-order valence-corrected chi connectivity index (χ3v) is 3.79. The number of oxime groups is 1. The number of carbonyl (C=O) groups is 1. The Morgan fingerprint density at radius 1 is 1.17 bits per heavy atom. The van der Waals surface area contributed by atoms with Crippen LogP contribution in [-0.4, -0.2) is 31.0 Å². The van der Waals surface area contributed by atoms with E-state index in [0.717, 1.165) is 11.1 Å². The van der Waals surface area contributed by atoms with E-state index in [4.69, 9.17) is 18.8 Å². The van der Waals surface area contributed by atoms with E-state index in [0.29, 0.717) is 29.7 Å². The first-order chi connectivity index (χ1) is 14.1.